The van der Waals surface area contributed by atoms with Crippen molar-refractivity contribution in [2.45, 2.75) is 24.8 Å². The van der Waals surface area contributed by atoms with Gasteiger partial charge in [-0.1, -0.05) is 24.3 Å². The number of halogens is 1. The van der Waals surface area contributed by atoms with Gasteiger partial charge in [0.15, 0.2) is 0 Å². The van der Waals surface area contributed by atoms with Crippen molar-refractivity contribution in [3.05, 3.63) is 33.7 Å². The summed E-state index contributed by atoms with van der Waals surface area (Å²) in [5, 5.41) is 10.8. The van der Waals surface area contributed by atoms with E-state index in [1.54, 1.807) is 18.2 Å². The first kappa shape index (κ1) is 16.3. The summed E-state index contributed by atoms with van der Waals surface area (Å²) in [7, 11) is -3.67. The Morgan fingerprint density at radius 1 is 1.38 bits per heavy atom. The molecule has 0 fully saturated rings. The predicted molar refractivity (Wildman–Crippen MR) is 86.9 cm³/mol. The van der Waals surface area contributed by atoms with Crippen LogP contribution in [0.15, 0.2) is 33.1 Å². The van der Waals surface area contributed by atoms with Gasteiger partial charge >= 0.3 is 0 Å². The summed E-state index contributed by atoms with van der Waals surface area (Å²) >= 11 is 4.45. The molecule has 114 valence electrons. The maximum atomic E-state index is 12.3. The van der Waals surface area contributed by atoms with E-state index in [1.165, 1.54) is 5.51 Å². The van der Waals surface area contributed by atoms with E-state index >= 15 is 0 Å². The van der Waals surface area contributed by atoms with E-state index in [1.807, 2.05) is 0 Å². The van der Waals surface area contributed by atoms with Gasteiger partial charge in [-0.05, 0) is 46.6 Å². The Morgan fingerprint density at radius 2 is 2.19 bits per heavy atom. The summed E-state index contributed by atoms with van der Waals surface area (Å²) < 4.78 is 27.5. The van der Waals surface area contributed by atoms with Crippen LogP contribution in [-0.2, 0) is 16.6 Å². The first-order chi connectivity index (χ1) is 10.0. The Labute approximate surface area is 136 Å². The third-order valence-electron chi connectivity index (χ3n) is 2.62. The molecule has 0 saturated heterocycles. The number of benzene rings is 1. The number of hydrogen-bond donors (Lipinski definition) is 2. The smallest absolute Gasteiger partial charge is 0.264 e. The Morgan fingerprint density at radius 3 is 2.81 bits per heavy atom. The maximum Gasteiger partial charge on any atom is 0.264 e. The predicted octanol–water partition coefficient (Wildman–Crippen LogP) is 2.60. The lowest BCUT2D eigenvalue weighted by atomic mass is 10.2. The van der Waals surface area contributed by atoms with Crippen molar-refractivity contribution in [3.8, 4) is 0 Å². The minimum Gasteiger partial charge on any atom is -0.313 e. The van der Waals surface area contributed by atoms with E-state index in [0.29, 0.717) is 11.0 Å². The highest BCUT2D eigenvalue weighted by Gasteiger charge is 2.19. The summed E-state index contributed by atoms with van der Waals surface area (Å²) in [6.07, 6.45) is 1.05. The molecule has 0 aliphatic heterocycles. The fourth-order valence-electron chi connectivity index (χ4n) is 1.67. The van der Waals surface area contributed by atoms with Crippen LogP contribution < -0.4 is 10.0 Å². The summed E-state index contributed by atoms with van der Waals surface area (Å²) in [4.78, 5) is 0.178. The fourth-order valence-corrected chi connectivity index (χ4v) is 4.49. The summed E-state index contributed by atoms with van der Waals surface area (Å²) in [6.45, 7) is 3.73. The molecule has 1 heterocycles. The van der Waals surface area contributed by atoms with Gasteiger partial charge in [0.05, 0.1) is 0 Å². The topological polar surface area (TPSA) is 84.0 Å². The second kappa shape index (κ2) is 7.30. The standard InChI is InChI=1S/C12H15BrN4O2S2/c1-2-5-14-7-9-3-4-11(10(13)6-9)21(18,19)17-12-16-15-8-20-12/h3-4,6,8,14H,2,5,7H2,1H3,(H,16,17). The number of nitrogens with zero attached hydrogens (tertiary/aromatic N) is 2. The van der Waals surface area contributed by atoms with Gasteiger partial charge in [-0.15, -0.1) is 10.2 Å². The van der Waals surface area contributed by atoms with Crippen molar-refractivity contribution in [1.29, 1.82) is 0 Å². The van der Waals surface area contributed by atoms with Crippen LogP contribution in [-0.4, -0.2) is 25.2 Å². The number of nitrogens with one attached hydrogen (secondary N) is 2. The Kier molecular flexibility index (Phi) is 5.68. The summed E-state index contributed by atoms with van der Waals surface area (Å²) in [5.74, 6) is 0. The zero-order valence-corrected chi connectivity index (χ0v) is 14.6. The average Bonchev–Trinajstić information content (AvgIpc) is 2.91. The van der Waals surface area contributed by atoms with Crippen LogP contribution in [0, 0.1) is 0 Å². The molecule has 0 bridgehead atoms. The largest absolute Gasteiger partial charge is 0.313 e. The minimum absolute atomic E-state index is 0.178. The maximum absolute atomic E-state index is 12.3. The van der Waals surface area contributed by atoms with Gasteiger partial charge in [-0.25, -0.2) is 8.42 Å². The van der Waals surface area contributed by atoms with Crippen molar-refractivity contribution in [1.82, 2.24) is 15.5 Å². The van der Waals surface area contributed by atoms with Crippen LogP contribution in [0.5, 0.6) is 0 Å². The minimum atomic E-state index is -3.67. The van der Waals surface area contributed by atoms with Gasteiger partial charge in [-0.2, -0.15) is 0 Å². The van der Waals surface area contributed by atoms with Gasteiger partial charge in [0.1, 0.15) is 10.4 Å². The molecule has 2 N–H and O–H groups in total. The van der Waals surface area contributed by atoms with Crippen molar-refractivity contribution >= 4 is 42.4 Å². The molecule has 0 aliphatic carbocycles. The molecule has 6 nitrogen and oxygen atoms in total. The van der Waals surface area contributed by atoms with E-state index in [9.17, 15) is 8.42 Å². The number of rotatable bonds is 7. The van der Waals surface area contributed by atoms with E-state index in [2.05, 4.69) is 43.1 Å². The lowest BCUT2D eigenvalue weighted by Crippen LogP contribution is -2.15. The molecular weight excluding hydrogens is 376 g/mol. The zero-order chi connectivity index (χ0) is 15.3. The number of sulfonamides is 1. The van der Waals surface area contributed by atoms with Crippen molar-refractivity contribution in [3.63, 3.8) is 0 Å². The normalized spacial score (nSPS) is 11.5. The first-order valence-corrected chi connectivity index (χ1v) is 9.46. The number of hydrogen-bond acceptors (Lipinski definition) is 6. The first-order valence-electron chi connectivity index (χ1n) is 6.31. The molecular formula is C12H15BrN4O2S2. The van der Waals surface area contributed by atoms with Gasteiger partial charge < -0.3 is 5.32 Å². The zero-order valence-electron chi connectivity index (χ0n) is 11.3. The molecule has 21 heavy (non-hydrogen) atoms. The van der Waals surface area contributed by atoms with Crippen molar-refractivity contribution in [2.75, 3.05) is 11.3 Å². The average molecular weight is 391 g/mol. The van der Waals surface area contributed by atoms with Crippen LogP contribution in [0.3, 0.4) is 0 Å². The highest BCUT2D eigenvalue weighted by atomic mass is 79.9. The van der Waals surface area contributed by atoms with E-state index in [4.69, 9.17) is 0 Å². The third-order valence-corrected chi connectivity index (χ3v) is 5.67. The van der Waals surface area contributed by atoms with Gasteiger partial charge in [0.25, 0.3) is 10.0 Å². The SMILES string of the molecule is CCCNCc1ccc(S(=O)(=O)Nc2nncs2)c(Br)c1. The molecule has 0 unspecified atom stereocenters. The van der Waals surface area contributed by atoms with Crippen molar-refractivity contribution in [2.24, 2.45) is 0 Å². The van der Waals surface area contributed by atoms with Crippen LogP contribution in [0.25, 0.3) is 0 Å². The fraction of sp³-hybridized carbons (Fsp3) is 0.333. The third kappa shape index (κ3) is 4.47. The van der Waals surface area contributed by atoms with Crippen LogP contribution in [0.2, 0.25) is 0 Å². The second-order valence-electron chi connectivity index (χ2n) is 4.29. The summed E-state index contributed by atoms with van der Waals surface area (Å²) in [5.41, 5.74) is 2.49. The molecule has 1 aromatic carbocycles. The Bertz CT molecular complexity index is 689. The molecule has 0 radical (unpaired) electrons. The van der Waals surface area contributed by atoms with E-state index in [0.717, 1.165) is 29.9 Å². The van der Waals surface area contributed by atoms with Gasteiger partial charge in [-0.3, -0.25) is 4.72 Å². The van der Waals surface area contributed by atoms with Gasteiger partial charge in [0, 0.05) is 11.0 Å². The monoisotopic (exact) mass is 390 g/mol. The molecule has 2 aromatic rings. The second-order valence-corrected chi connectivity index (χ2v) is 7.63. The molecule has 1 aromatic heterocycles. The van der Waals surface area contributed by atoms with Crippen molar-refractivity contribution < 1.29 is 8.42 Å². The Balaban J connectivity index is 2.16. The Hall–Kier alpha value is -1.03. The molecule has 0 amide bonds. The molecule has 9 heteroatoms. The van der Waals surface area contributed by atoms with Crippen LogP contribution in [0.4, 0.5) is 5.13 Å². The van der Waals surface area contributed by atoms with Gasteiger partial charge in [0.2, 0.25) is 5.13 Å². The lowest BCUT2D eigenvalue weighted by molar-refractivity contribution is 0.600. The van der Waals surface area contributed by atoms with Crippen LogP contribution >= 0.6 is 27.3 Å². The highest BCUT2D eigenvalue weighted by molar-refractivity contribution is 9.10. The molecule has 0 atom stereocenters. The molecule has 0 saturated carbocycles. The molecule has 2 rings (SSSR count). The number of anilines is 1. The van der Waals surface area contributed by atoms with E-state index in [-0.39, 0.29) is 10.0 Å². The highest BCUT2D eigenvalue weighted by Crippen LogP contribution is 2.25. The molecule has 0 spiro atoms. The van der Waals surface area contributed by atoms with E-state index < -0.39 is 10.0 Å². The molecule has 0 aliphatic rings. The van der Waals surface area contributed by atoms with Crippen LogP contribution in [0.1, 0.15) is 18.9 Å². The quantitative estimate of drug-likeness (QED) is 0.709. The lowest BCUT2D eigenvalue weighted by Gasteiger charge is -2.09. The summed E-state index contributed by atoms with van der Waals surface area (Å²) in [6, 6.07) is 5.18. The number of aromatic nitrogens is 2.